The van der Waals surface area contributed by atoms with E-state index in [2.05, 4.69) is 179 Å². The summed E-state index contributed by atoms with van der Waals surface area (Å²) < 4.78 is 11.4. The van der Waals surface area contributed by atoms with E-state index in [1.165, 1.54) is 38.5 Å². The monoisotopic (exact) mass is 600 g/mol. The second-order valence-corrected chi connectivity index (χ2v) is 12.2. The van der Waals surface area contributed by atoms with Crippen molar-refractivity contribution >= 4 is 54.8 Å². The van der Waals surface area contributed by atoms with Crippen molar-refractivity contribution in [1.82, 2.24) is 9.13 Å². The van der Waals surface area contributed by atoms with E-state index in [4.69, 9.17) is 4.42 Å². The molecule has 10 rings (SSSR count). The van der Waals surface area contributed by atoms with Gasteiger partial charge in [-0.1, -0.05) is 109 Å². The maximum Gasteiger partial charge on any atom is 0.213 e. The van der Waals surface area contributed by atoms with E-state index in [9.17, 15) is 0 Å². The number of fused-ring (bicyclic) bond motifs is 8. The van der Waals surface area contributed by atoms with Crippen LogP contribution in [0.3, 0.4) is 0 Å². The molecule has 0 radical (unpaired) electrons. The van der Waals surface area contributed by atoms with Gasteiger partial charge in [-0.3, -0.25) is 4.57 Å². The van der Waals surface area contributed by atoms with Crippen LogP contribution in [0.15, 0.2) is 174 Å². The zero-order chi connectivity index (χ0) is 30.9. The smallest absolute Gasteiger partial charge is 0.213 e. The lowest BCUT2D eigenvalue weighted by atomic mass is 9.98. The molecule has 0 aliphatic rings. The van der Waals surface area contributed by atoms with Crippen LogP contribution in [-0.2, 0) is 0 Å². The molecule has 3 heterocycles. The second kappa shape index (κ2) is 10.1. The first-order chi connectivity index (χ1) is 23.3. The van der Waals surface area contributed by atoms with Crippen LogP contribution in [0.25, 0.3) is 88.4 Å². The second-order valence-electron chi connectivity index (χ2n) is 12.2. The predicted molar refractivity (Wildman–Crippen MR) is 196 cm³/mol. The van der Waals surface area contributed by atoms with Crippen molar-refractivity contribution in [3.63, 3.8) is 0 Å². The zero-order valence-corrected chi connectivity index (χ0v) is 25.5. The maximum absolute atomic E-state index is 6.73. The minimum atomic E-state index is 0.857. The van der Waals surface area contributed by atoms with Crippen molar-refractivity contribution in [1.29, 1.82) is 0 Å². The summed E-state index contributed by atoms with van der Waals surface area (Å²) in [6.07, 6.45) is 0. The largest absolute Gasteiger partial charge is 0.439 e. The molecule has 0 atom stereocenters. The summed E-state index contributed by atoms with van der Waals surface area (Å²) in [6, 6.07) is 60.6. The van der Waals surface area contributed by atoms with Crippen LogP contribution in [0.2, 0.25) is 0 Å². The Morgan fingerprint density at radius 1 is 0.340 bits per heavy atom. The van der Waals surface area contributed by atoms with Crippen LogP contribution in [0.1, 0.15) is 0 Å². The van der Waals surface area contributed by atoms with Gasteiger partial charge in [0.2, 0.25) is 5.71 Å². The molecule has 0 aliphatic heterocycles. The van der Waals surface area contributed by atoms with Gasteiger partial charge in [-0.05, 0) is 82.9 Å². The fourth-order valence-electron chi connectivity index (χ4n) is 7.39. The van der Waals surface area contributed by atoms with Crippen LogP contribution in [-0.4, -0.2) is 9.13 Å². The number of hydrogen-bond donors (Lipinski definition) is 0. The molecule has 3 heteroatoms. The molecule has 47 heavy (non-hydrogen) atoms. The Morgan fingerprint density at radius 3 is 1.68 bits per heavy atom. The Labute approximate surface area is 271 Å². The highest BCUT2D eigenvalue weighted by molar-refractivity contribution is 6.21. The summed E-state index contributed by atoms with van der Waals surface area (Å²) in [5.41, 5.74) is 12.2. The van der Waals surface area contributed by atoms with Gasteiger partial charge in [-0.2, -0.15) is 0 Å². The van der Waals surface area contributed by atoms with Crippen molar-refractivity contribution in [2.75, 3.05) is 0 Å². The van der Waals surface area contributed by atoms with Crippen molar-refractivity contribution in [2.24, 2.45) is 0 Å². The SMILES string of the molecule is c1ccc(-c2cccc(-c3ccc4oc5c(c4c3)c3cc(-n4c6ccccc6c6ccccc64)ccc3n5-c3ccccc3)c2)cc1. The average molecular weight is 601 g/mol. The normalized spacial score (nSPS) is 11.8. The van der Waals surface area contributed by atoms with E-state index in [1.807, 2.05) is 0 Å². The van der Waals surface area contributed by atoms with Gasteiger partial charge in [0.1, 0.15) is 5.58 Å². The number of benzene rings is 7. The fourth-order valence-corrected chi connectivity index (χ4v) is 7.39. The highest BCUT2D eigenvalue weighted by Gasteiger charge is 2.21. The predicted octanol–water partition coefficient (Wildman–Crippen LogP) is 12.0. The van der Waals surface area contributed by atoms with Crippen LogP contribution >= 0.6 is 0 Å². The van der Waals surface area contributed by atoms with Gasteiger partial charge in [-0.25, -0.2) is 0 Å². The molecule has 220 valence electrons. The van der Waals surface area contributed by atoms with Gasteiger partial charge in [0.05, 0.1) is 21.9 Å². The topological polar surface area (TPSA) is 23.0 Å². The van der Waals surface area contributed by atoms with E-state index in [0.29, 0.717) is 0 Å². The minimum absolute atomic E-state index is 0.857. The lowest BCUT2D eigenvalue weighted by molar-refractivity contribution is 0.645. The van der Waals surface area contributed by atoms with Crippen molar-refractivity contribution in [3.05, 3.63) is 170 Å². The molecule has 0 saturated carbocycles. The lowest BCUT2D eigenvalue weighted by Gasteiger charge is -2.10. The molecule has 0 spiro atoms. The van der Waals surface area contributed by atoms with Gasteiger partial charge >= 0.3 is 0 Å². The number of aromatic nitrogens is 2. The van der Waals surface area contributed by atoms with Crippen LogP contribution < -0.4 is 0 Å². The van der Waals surface area contributed by atoms with Crippen molar-refractivity contribution in [2.45, 2.75) is 0 Å². The fraction of sp³-hybridized carbons (Fsp3) is 0. The van der Waals surface area contributed by atoms with E-state index >= 15 is 0 Å². The molecule has 0 saturated heterocycles. The molecular formula is C44H28N2O. The molecule has 10 aromatic rings. The van der Waals surface area contributed by atoms with Crippen LogP contribution in [0.5, 0.6) is 0 Å². The standard InChI is InChI=1S/C44H28N2O/c1-3-12-29(13-4-1)30-14-11-15-31(26-30)32-22-25-42-38(27-32)43-37-28-34(23-24-41(37)46(44(43)47-42)33-16-5-2-6-17-33)45-39-20-9-7-18-35(39)36-19-8-10-21-40(36)45/h1-28H. The van der Waals surface area contributed by atoms with E-state index < -0.39 is 0 Å². The first kappa shape index (κ1) is 26.0. The third-order valence-corrected chi connectivity index (χ3v) is 9.52. The summed E-state index contributed by atoms with van der Waals surface area (Å²) in [6.45, 7) is 0. The molecule has 0 fully saturated rings. The number of para-hydroxylation sites is 3. The molecule has 0 unspecified atom stereocenters. The maximum atomic E-state index is 6.73. The van der Waals surface area contributed by atoms with Gasteiger partial charge < -0.3 is 8.98 Å². The average Bonchev–Trinajstić information content (AvgIpc) is 3.79. The summed E-state index contributed by atoms with van der Waals surface area (Å²) >= 11 is 0. The number of furan rings is 1. The Kier molecular flexibility index (Phi) is 5.57. The van der Waals surface area contributed by atoms with Crippen molar-refractivity contribution < 1.29 is 4.42 Å². The third kappa shape index (κ3) is 3.93. The minimum Gasteiger partial charge on any atom is -0.439 e. The number of nitrogens with zero attached hydrogens (tertiary/aromatic N) is 2. The van der Waals surface area contributed by atoms with Crippen LogP contribution in [0, 0.1) is 0 Å². The Balaban J connectivity index is 1.25. The third-order valence-electron chi connectivity index (χ3n) is 9.52. The van der Waals surface area contributed by atoms with Gasteiger partial charge in [0.25, 0.3) is 0 Å². The van der Waals surface area contributed by atoms with Gasteiger partial charge in [0, 0.05) is 32.9 Å². The summed E-state index contributed by atoms with van der Waals surface area (Å²) in [5.74, 6) is 0. The molecule has 0 amide bonds. The van der Waals surface area contributed by atoms with Crippen LogP contribution in [0.4, 0.5) is 0 Å². The Morgan fingerprint density at radius 2 is 0.936 bits per heavy atom. The summed E-state index contributed by atoms with van der Waals surface area (Å²) in [4.78, 5) is 0. The molecule has 3 nitrogen and oxygen atoms in total. The van der Waals surface area contributed by atoms with E-state index in [-0.39, 0.29) is 0 Å². The number of rotatable bonds is 4. The molecule has 7 aromatic carbocycles. The van der Waals surface area contributed by atoms with Gasteiger partial charge in [-0.15, -0.1) is 0 Å². The van der Waals surface area contributed by atoms with Crippen molar-refractivity contribution in [3.8, 4) is 33.6 Å². The summed E-state index contributed by atoms with van der Waals surface area (Å²) in [5, 5.41) is 5.92. The van der Waals surface area contributed by atoms with E-state index in [1.54, 1.807) is 0 Å². The highest BCUT2D eigenvalue weighted by atomic mass is 16.3. The highest BCUT2D eigenvalue weighted by Crippen LogP contribution is 2.42. The molecular weight excluding hydrogens is 572 g/mol. The lowest BCUT2D eigenvalue weighted by Crippen LogP contribution is -1.95. The Bertz CT molecular complexity index is 2730. The van der Waals surface area contributed by atoms with Gasteiger partial charge in [0.15, 0.2) is 0 Å². The molecule has 0 aliphatic carbocycles. The first-order valence-electron chi connectivity index (χ1n) is 16.0. The Hall–Kier alpha value is -6.32. The zero-order valence-electron chi connectivity index (χ0n) is 25.5. The van der Waals surface area contributed by atoms with E-state index in [0.717, 1.165) is 49.9 Å². The molecule has 3 aromatic heterocycles. The molecule has 0 bridgehead atoms. The summed E-state index contributed by atoms with van der Waals surface area (Å²) in [7, 11) is 0. The number of hydrogen-bond acceptors (Lipinski definition) is 1. The quantitative estimate of drug-likeness (QED) is 0.197. The molecule has 0 N–H and O–H groups in total. The first-order valence-corrected chi connectivity index (χ1v) is 16.0.